The van der Waals surface area contributed by atoms with Crippen LogP contribution < -0.4 is 5.32 Å². The van der Waals surface area contributed by atoms with Gasteiger partial charge in [0.15, 0.2) is 0 Å². The first-order valence-electron chi connectivity index (χ1n) is 8.08. The molecule has 0 aromatic heterocycles. The molecule has 1 aromatic rings. The van der Waals surface area contributed by atoms with Crippen LogP contribution in [0.3, 0.4) is 0 Å². The van der Waals surface area contributed by atoms with E-state index in [1.165, 1.54) is 0 Å². The third-order valence-corrected chi connectivity index (χ3v) is 4.62. The molecule has 0 unspecified atom stereocenters. The quantitative estimate of drug-likeness (QED) is 0.902. The number of carbonyl (C=O) groups is 2. The summed E-state index contributed by atoms with van der Waals surface area (Å²) in [6.07, 6.45) is 0.653. The number of likely N-dealkylation sites (tertiary alicyclic amines) is 1. The molecule has 6 heteroatoms. The lowest BCUT2D eigenvalue weighted by molar-refractivity contribution is -0.140. The van der Waals surface area contributed by atoms with Crippen LogP contribution >= 0.6 is 0 Å². The molecular formula is C17H23N3O3. The lowest BCUT2D eigenvalue weighted by Gasteiger charge is -2.40. The molecule has 2 aliphatic heterocycles. The zero-order valence-corrected chi connectivity index (χ0v) is 13.4. The zero-order chi connectivity index (χ0) is 16.2. The molecule has 1 N–H and O–H groups in total. The molecule has 1 atom stereocenters. The molecule has 23 heavy (non-hydrogen) atoms. The molecule has 6 nitrogen and oxygen atoms in total. The van der Waals surface area contributed by atoms with Gasteiger partial charge in [0, 0.05) is 32.7 Å². The van der Waals surface area contributed by atoms with E-state index in [0.717, 1.165) is 25.1 Å². The number of amides is 2. The molecule has 124 valence electrons. The average Bonchev–Trinajstić information content (AvgIpc) is 3.06. The third-order valence-electron chi connectivity index (χ3n) is 4.62. The maximum atomic E-state index is 12.4. The Kier molecular flexibility index (Phi) is 4.81. The molecule has 2 fully saturated rings. The van der Waals surface area contributed by atoms with Crippen molar-refractivity contribution >= 4 is 12.0 Å². The maximum absolute atomic E-state index is 12.4. The van der Waals surface area contributed by atoms with Gasteiger partial charge in [-0.1, -0.05) is 30.3 Å². The summed E-state index contributed by atoms with van der Waals surface area (Å²) in [5.74, 6) is 0.0377. The molecule has 2 amide bonds. The second-order valence-electron chi connectivity index (χ2n) is 6.24. The summed E-state index contributed by atoms with van der Waals surface area (Å²) < 4.78 is 5.27. The lowest BCUT2D eigenvalue weighted by Crippen LogP contribution is -2.57. The van der Waals surface area contributed by atoms with Crippen LogP contribution in [0.4, 0.5) is 4.79 Å². The molecule has 3 rings (SSSR count). The molecular weight excluding hydrogens is 294 g/mol. The molecule has 0 spiro atoms. The van der Waals surface area contributed by atoms with Gasteiger partial charge in [-0.3, -0.25) is 4.79 Å². The summed E-state index contributed by atoms with van der Waals surface area (Å²) in [5, 5.41) is 3.26. The average molecular weight is 317 g/mol. The monoisotopic (exact) mass is 317 g/mol. The number of rotatable bonds is 4. The summed E-state index contributed by atoms with van der Waals surface area (Å²) in [6.45, 7) is 3.00. The van der Waals surface area contributed by atoms with Gasteiger partial charge in [-0.15, -0.1) is 0 Å². The fraction of sp³-hybridized carbons (Fsp3) is 0.529. The van der Waals surface area contributed by atoms with Crippen LogP contribution in [-0.2, 0) is 16.1 Å². The highest BCUT2D eigenvalue weighted by Crippen LogP contribution is 2.21. The van der Waals surface area contributed by atoms with Crippen LogP contribution in [0, 0.1) is 5.92 Å². The first-order chi connectivity index (χ1) is 11.1. The van der Waals surface area contributed by atoms with Crippen LogP contribution in [0.15, 0.2) is 30.3 Å². The molecule has 0 radical (unpaired) electrons. The smallest absolute Gasteiger partial charge is 0.410 e. The van der Waals surface area contributed by atoms with Gasteiger partial charge in [0.2, 0.25) is 5.91 Å². The molecule has 2 aliphatic rings. The lowest BCUT2D eigenvalue weighted by atomic mass is 9.98. The minimum atomic E-state index is -0.344. The number of nitrogens with zero attached hydrogens (tertiary/aromatic N) is 2. The first-order valence-corrected chi connectivity index (χ1v) is 8.08. The third kappa shape index (κ3) is 3.64. The van der Waals surface area contributed by atoms with Crippen molar-refractivity contribution in [3.05, 3.63) is 35.9 Å². The number of nitrogens with one attached hydrogen (secondary N) is 1. The summed E-state index contributed by atoms with van der Waals surface area (Å²) in [6, 6.07) is 9.86. The van der Waals surface area contributed by atoms with Gasteiger partial charge in [0.1, 0.15) is 6.61 Å². The standard InChI is InChI=1S/C17H23N3O3/c1-19(15-7-8-18-9-15)16(21)14-10-20(11-14)17(22)23-12-13-5-3-2-4-6-13/h2-6,14-15,18H,7-12H2,1H3/t15-/m0/s1. The van der Waals surface area contributed by atoms with Gasteiger partial charge in [0.25, 0.3) is 0 Å². The van der Waals surface area contributed by atoms with Crippen molar-refractivity contribution in [3.63, 3.8) is 0 Å². The number of likely N-dealkylation sites (N-methyl/N-ethyl adjacent to an activating group) is 1. The Hall–Kier alpha value is -2.08. The predicted molar refractivity (Wildman–Crippen MR) is 85.7 cm³/mol. The summed E-state index contributed by atoms with van der Waals surface area (Å²) in [5.41, 5.74) is 0.961. The Labute approximate surface area is 136 Å². The molecule has 2 heterocycles. The van der Waals surface area contributed by atoms with Crippen molar-refractivity contribution in [3.8, 4) is 0 Å². The number of benzene rings is 1. The minimum absolute atomic E-state index is 0.0927. The normalized spacial score (nSPS) is 20.9. The number of carbonyl (C=O) groups excluding carboxylic acids is 2. The highest BCUT2D eigenvalue weighted by molar-refractivity contribution is 5.82. The van der Waals surface area contributed by atoms with E-state index < -0.39 is 0 Å². The van der Waals surface area contributed by atoms with E-state index in [0.29, 0.717) is 13.1 Å². The van der Waals surface area contributed by atoms with E-state index in [4.69, 9.17) is 4.74 Å². The second-order valence-corrected chi connectivity index (χ2v) is 6.24. The number of hydrogen-bond acceptors (Lipinski definition) is 4. The fourth-order valence-electron chi connectivity index (χ4n) is 3.03. The molecule has 0 saturated carbocycles. The largest absolute Gasteiger partial charge is 0.445 e. The van der Waals surface area contributed by atoms with E-state index in [2.05, 4.69) is 5.32 Å². The van der Waals surface area contributed by atoms with Gasteiger partial charge in [-0.05, 0) is 18.5 Å². The zero-order valence-electron chi connectivity index (χ0n) is 13.4. The summed E-state index contributed by atoms with van der Waals surface area (Å²) in [7, 11) is 1.86. The number of ether oxygens (including phenoxy) is 1. The first kappa shape index (κ1) is 15.8. The van der Waals surface area contributed by atoms with Crippen LogP contribution in [0.5, 0.6) is 0 Å². The van der Waals surface area contributed by atoms with Crippen LogP contribution in [0.1, 0.15) is 12.0 Å². The van der Waals surface area contributed by atoms with Gasteiger partial charge in [0.05, 0.1) is 5.92 Å². The van der Waals surface area contributed by atoms with Crippen molar-refractivity contribution in [1.82, 2.24) is 15.1 Å². The Morgan fingerprint density at radius 3 is 2.70 bits per heavy atom. The van der Waals surface area contributed by atoms with E-state index >= 15 is 0 Å². The van der Waals surface area contributed by atoms with E-state index in [1.54, 1.807) is 4.90 Å². The minimum Gasteiger partial charge on any atom is -0.445 e. The van der Waals surface area contributed by atoms with Crippen molar-refractivity contribution < 1.29 is 14.3 Å². The van der Waals surface area contributed by atoms with E-state index in [-0.39, 0.29) is 30.6 Å². The topological polar surface area (TPSA) is 61.9 Å². The van der Waals surface area contributed by atoms with Crippen molar-refractivity contribution in [2.24, 2.45) is 5.92 Å². The predicted octanol–water partition coefficient (Wildman–Crippen LogP) is 1.08. The molecule has 2 saturated heterocycles. The Balaban J connectivity index is 1.41. The van der Waals surface area contributed by atoms with Crippen molar-refractivity contribution in [1.29, 1.82) is 0 Å². The summed E-state index contributed by atoms with van der Waals surface area (Å²) >= 11 is 0. The molecule has 1 aromatic carbocycles. The Bertz CT molecular complexity index is 551. The molecule has 0 bridgehead atoms. The molecule has 0 aliphatic carbocycles. The highest BCUT2D eigenvalue weighted by atomic mass is 16.6. The van der Waals surface area contributed by atoms with Gasteiger partial charge >= 0.3 is 6.09 Å². The van der Waals surface area contributed by atoms with Gasteiger partial charge in [-0.25, -0.2) is 4.79 Å². The van der Waals surface area contributed by atoms with E-state index in [9.17, 15) is 9.59 Å². The maximum Gasteiger partial charge on any atom is 0.410 e. The van der Waals surface area contributed by atoms with Crippen LogP contribution in [-0.4, -0.2) is 61.1 Å². The summed E-state index contributed by atoms with van der Waals surface area (Å²) in [4.78, 5) is 27.8. The highest BCUT2D eigenvalue weighted by Gasteiger charge is 2.39. The Morgan fingerprint density at radius 1 is 1.30 bits per heavy atom. The van der Waals surface area contributed by atoms with Crippen molar-refractivity contribution in [2.75, 3.05) is 33.2 Å². The Morgan fingerprint density at radius 2 is 2.04 bits per heavy atom. The van der Waals surface area contributed by atoms with Crippen molar-refractivity contribution in [2.45, 2.75) is 19.1 Å². The van der Waals surface area contributed by atoms with Crippen LogP contribution in [0.2, 0.25) is 0 Å². The SMILES string of the molecule is CN(C(=O)C1CN(C(=O)OCc2ccccc2)C1)[C@H]1CCNC1. The number of hydrogen-bond donors (Lipinski definition) is 1. The van der Waals surface area contributed by atoms with Crippen LogP contribution in [0.25, 0.3) is 0 Å². The van der Waals surface area contributed by atoms with Gasteiger partial charge < -0.3 is 19.9 Å². The fourth-order valence-corrected chi connectivity index (χ4v) is 3.03. The second kappa shape index (κ2) is 7.00. The van der Waals surface area contributed by atoms with E-state index in [1.807, 2.05) is 42.3 Å². The van der Waals surface area contributed by atoms with Gasteiger partial charge in [-0.2, -0.15) is 0 Å².